The molecule has 3 aromatic carbocycles. The van der Waals surface area contributed by atoms with Crippen molar-refractivity contribution < 1.29 is 15.0 Å². The third-order valence-electron chi connectivity index (χ3n) is 5.69. The van der Waals surface area contributed by atoms with E-state index in [0.717, 1.165) is 11.1 Å². The summed E-state index contributed by atoms with van der Waals surface area (Å²) >= 11 is 0. The second-order valence-electron chi connectivity index (χ2n) is 7.77. The molecule has 0 bridgehead atoms. The predicted octanol–water partition coefficient (Wildman–Crippen LogP) is 5.37. The van der Waals surface area contributed by atoms with E-state index in [0.29, 0.717) is 27.7 Å². The van der Waals surface area contributed by atoms with E-state index in [1.807, 2.05) is 32.0 Å². The van der Waals surface area contributed by atoms with Gasteiger partial charge in [0.2, 0.25) is 0 Å². The molecule has 0 saturated carbocycles. The van der Waals surface area contributed by atoms with E-state index in [2.05, 4.69) is 15.3 Å². The summed E-state index contributed by atoms with van der Waals surface area (Å²) in [5.74, 6) is -1.15. The SMILES string of the molecule is Cc1ccc(-n2[nH]c(C)c(N=Nc3c(O)ccc4c(C)c(C(=O)O)ccc34)c2=O)cc1C. The fraction of sp³-hybridized carbons (Fsp3) is 0.167. The Morgan fingerprint density at radius 2 is 1.59 bits per heavy atom. The molecular weight excluding hydrogens is 408 g/mol. The maximum atomic E-state index is 13.0. The maximum absolute atomic E-state index is 13.0. The minimum Gasteiger partial charge on any atom is -0.506 e. The average Bonchev–Trinajstić information content (AvgIpc) is 3.03. The van der Waals surface area contributed by atoms with E-state index >= 15 is 0 Å². The van der Waals surface area contributed by atoms with E-state index in [1.54, 1.807) is 26.0 Å². The smallest absolute Gasteiger partial charge is 0.335 e. The van der Waals surface area contributed by atoms with Crippen molar-refractivity contribution in [1.82, 2.24) is 9.78 Å². The lowest BCUT2D eigenvalue weighted by atomic mass is 9.99. The highest BCUT2D eigenvalue weighted by molar-refractivity contribution is 6.02. The van der Waals surface area contributed by atoms with Gasteiger partial charge in [0.15, 0.2) is 5.69 Å². The number of aromatic nitrogens is 2. The normalized spacial score (nSPS) is 11.5. The largest absolute Gasteiger partial charge is 0.506 e. The molecule has 1 aromatic heterocycles. The number of hydrogen-bond acceptors (Lipinski definition) is 5. The van der Waals surface area contributed by atoms with Crippen LogP contribution in [-0.2, 0) is 0 Å². The lowest BCUT2D eigenvalue weighted by molar-refractivity contribution is 0.0696. The third kappa shape index (κ3) is 3.45. The Bertz CT molecular complexity index is 1480. The number of aromatic amines is 1. The number of nitrogens with one attached hydrogen (secondary N) is 1. The minimum atomic E-state index is -1.03. The molecule has 162 valence electrons. The number of rotatable bonds is 4. The number of benzene rings is 3. The molecule has 0 aliphatic heterocycles. The van der Waals surface area contributed by atoms with Crippen LogP contribution in [0.15, 0.2) is 57.5 Å². The molecule has 0 unspecified atom stereocenters. The zero-order chi connectivity index (χ0) is 23.2. The molecule has 0 aliphatic carbocycles. The number of aromatic hydroxyl groups is 1. The highest BCUT2D eigenvalue weighted by atomic mass is 16.4. The van der Waals surface area contributed by atoms with E-state index in [9.17, 15) is 19.8 Å². The number of aromatic carboxylic acids is 1. The fourth-order valence-corrected chi connectivity index (χ4v) is 3.67. The van der Waals surface area contributed by atoms with Crippen LogP contribution in [0.3, 0.4) is 0 Å². The predicted molar refractivity (Wildman–Crippen MR) is 122 cm³/mol. The number of carbonyl (C=O) groups is 1. The highest BCUT2D eigenvalue weighted by Gasteiger charge is 2.16. The molecule has 1 heterocycles. The van der Waals surface area contributed by atoms with Gasteiger partial charge >= 0.3 is 5.97 Å². The molecule has 0 saturated heterocycles. The first-order valence-electron chi connectivity index (χ1n) is 9.98. The summed E-state index contributed by atoms with van der Waals surface area (Å²) < 4.78 is 1.41. The van der Waals surface area contributed by atoms with Crippen LogP contribution in [0.4, 0.5) is 11.4 Å². The van der Waals surface area contributed by atoms with Gasteiger partial charge in [-0.3, -0.25) is 9.89 Å². The minimum absolute atomic E-state index is 0.119. The Morgan fingerprint density at radius 1 is 0.906 bits per heavy atom. The van der Waals surface area contributed by atoms with Gasteiger partial charge in [-0.15, -0.1) is 10.2 Å². The number of H-pyrrole nitrogens is 1. The molecule has 3 N–H and O–H groups in total. The Morgan fingerprint density at radius 3 is 2.28 bits per heavy atom. The average molecular weight is 430 g/mol. The first-order chi connectivity index (χ1) is 15.2. The first kappa shape index (κ1) is 21.0. The summed E-state index contributed by atoms with van der Waals surface area (Å²) in [5, 5.41) is 32.2. The molecular formula is C24H22N4O4. The van der Waals surface area contributed by atoms with Gasteiger partial charge in [-0.25, -0.2) is 9.48 Å². The van der Waals surface area contributed by atoms with Crippen LogP contribution in [-0.4, -0.2) is 26.0 Å². The van der Waals surface area contributed by atoms with Gasteiger partial charge in [-0.2, -0.15) is 0 Å². The Hall–Kier alpha value is -4.20. The molecule has 0 aliphatic rings. The number of aryl methyl sites for hydroxylation is 4. The molecule has 4 aromatic rings. The number of phenols is 1. The Kier molecular flexibility index (Phi) is 5.14. The Labute approximate surface area is 183 Å². The van der Waals surface area contributed by atoms with Crippen molar-refractivity contribution in [1.29, 1.82) is 0 Å². The zero-order valence-electron chi connectivity index (χ0n) is 18.1. The number of fused-ring (bicyclic) bond motifs is 1. The van der Waals surface area contributed by atoms with E-state index in [1.165, 1.54) is 16.8 Å². The van der Waals surface area contributed by atoms with Gasteiger partial charge in [0.05, 0.1) is 16.9 Å². The molecule has 0 atom stereocenters. The maximum Gasteiger partial charge on any atom is 0.335 e. The van der Waals surface area contributed by atoms with Crippen molar-refractivity contribution in [3.63, 3.8) is 0 Å². The number of azo groups is 1. The van der Waals surface area contributed by atoms with Crippen LogP contribution in [0, 0.1) is 27.7 Å². The third-order valence-corrected chi connectivity index (χ3v) is 5.69. The quantitative estimate of drug-likeness (QED) is 0.377. The molecule has 4 rings (SSSR count). The Balaban J connectivity index is 1.82. The van der Waals surface area contributed by atoms with E-state index in [4.69, 9.17) is 0 Å². The first-order valence-corrected chi connectivity index (χ1v) is 9.98. The second-order valence-corrected chi connectivity index (χ2v) is 7.77. The van der Waals surface area contributed by atoms with Gasteiger partial charge in [0.25, 0.3) is 5.56 Å². The summed E-state index contributed by atoms with van der Waals surface area (Å²) in [7, 11) is 0. The summed E-state index contributed by atoms with van der Waals surface area (Å²) in [6.07, 6.45) is 0. The van der Waals surface area contributed by atoms with Crippen molar-refractivity contribution in [2.75, 3.05) is 0 Å². The summed E-state index contributed by atoms with van der Waals surface area (Å²) in [5.41, 5.74) is 4.05. The molecule has 0 fully saturated rings. The molecule has 0 amide bonds. The zero-order valence-corrected chi connectivity index (χ0v) is 18.1. The van der Waals surface area contributed by atoms with Crippen LogP contribution in [0.1, 0.15) is 32.7 Å². The highest BCUT2D eigenvalue weighted by Crippen LogP contribution is 2.38. The van der Waals surface area contributed by atoms with Crippen molar-refractivity contribution in [3.05, 3.63) is 80.8 Å². The summed E-state index contributed by atoms with van der Waals surface area (Å²) in [6, 6.07) is 11.8. The molecule has 0 radical (unpaired) electrons. The monoisotopic (exact) mass is 430 g/mol. The van der Waals surface area contributed by atoms with Crippen molar-refractivity contribution in [2.24, 2.45) is 10.2 Å². The number of nitrogens with zero attached hydrogens (tertiary/aromatic N) is 3. The van der Waals surface area contributed by atoms with Crippen molar-refractivity contribution in [3.8, 4) is 11.4 Å². The van der Waals surface area contributed by atoms with Gasteiger partial charge in [-0.05, 0) is 74.0 Å². The number of carboxylic acids is 1. The number of hydrogen-bond donors (Lipinski definition) is 3. The topological polar surface area (TPSA) is 120 Å². The fourth-order valence-electron chi connectivity index (χ4n) is 3.67. The van der Waals surface area contributed by atoms with E-state index in [-0.39, 0.29) is 28.2 Å². The van der Waals surface area contributed by atoms with Crippen LogP contribution >= 0.6 is 0 Å². The van der Waals surface area contributed by atoms with Crippen LogP contribution in [0.25, 0.3) is 16.5 Å². The van der Waals surface area contributed by atoms with Gasteiger partial charge in [0.1, 0.15) is 11.4 Å². The van der Waals surface area contributed by atoms with Crippen molar-refractivity contribution in [2.45, 2.75) is 27.7 Å². The molecule has 32 heavy (non-hydrogen) atoms. The van der Waals surface area contributed by atoms with Gasteiger partial charge < -0.3 is 10.2 Å². The number of carboxylic acid groups (broad SMARTS) is 1. The molecule has 8 heteroatoms. The van der Waals surface area contributed by atoms with Gasteiger partial charge in [0, 0.05) is 5.39 Å². The second kappa shape index (κ2) is 7.81. The molecule has 0 spiro atoms. The van der Waals surface area contributed by atoms with Crippen LogP contribution < -0.4 is 5.56 Å². The lowest BCUT2D eigenvalue weighted by Gasteiger charge is -2.09. The van der Waals surface area contributed by atoms with Gasteiger partial charge in [-0.1, -0.05) is 18.2 Å². The summed E-state index contributed by atoms with van der Waals surface area (Å²) in [6.45, 7) is 7.39. The van der Waals surface area contributed by atoms with Crippen LogP contribution in [0.5, 0.6) is 5.75 Å². The molecule has 8 nitrogen and oxygen atoms in total. The van der Waals surface area contributed by atoms with Crippen molar-refractivity contribution >= 4 is 28.1 Å². The number of phenolic OH excluding ortho intramolecular Hbond substituents is 1. The lowest BCUT2D eigenvalue weighted by Crippen LogP contribution is -2.14. The van der Waals surface area contributed by atoms with Crippen LogP contribution in [0.2, 0.25) is 0 Å². The van der Waals surface area contributed by atoms with E-state index < -0.39 is 5.97 Å². The standard InChI is InChI=1S/C24H22N4O4/c1-12-5-6-16(11-13(12)2)28-23(30)21(15(4)27-28)25-26-22-19-8-7-18(24(31)32)14(3)17(19)9-10-20(22)29/h5-11,27,29H,1-4H3,(H,31,32). The summed E-state index contributed by atoms with van der Waals surface area (Å²) in [4.78, 5) is 24.4.